The van der Waals surface area contributed by atoms with Crippen LogP contribution in [0, 0.1) is 6.92 Å². The topological polar surface area (TPSA) is 54.5 Å². The number of hydrogen-bond acceptors (Lipinski definition) is 6. The second-order valence-electron chi connectivity index (χ2n) is 6.13. The van der Waals surface area contributed by atoms with E-state index in [2.05, 4.69) is 26.6 Å². The van der Waals surface area contributed by atoms with Crippen molar-refractivity contribution >= 4 is 28.1 Å². The molecule has 0 bridgehead atoms. The van der Waals surface area contributed by atoms with Crippen LogP contribution in [-0.2, 0) is 16.0 Å². The Morgan fingerprint density at radius 2 is 2.21 bits per heavy atom. The van der Waals surface area contributed by atoms with Crippen LogP contribution in [0.4, 0.5) is 10.8 Å². The molecule has 0 radical (unpaired) electrons. The number of methoxy groups -OCH3 is 1. The monoisotopic (exact) mass is 345 g/mol. The summed E-state index contributed by atoms with van der Waals surface area (Å²) in [7, 11) is 1.42. The average Bonchev–Trinajstić information content (AvgIpc) is 3.02. The molecule has 1 aromatic carbocycles. The van der Waals surface area contributed by atoms with Gasteiger partial charge in [0.25, 0.3) is 0 Å². The number of nitrogens with one attached hydrogen (secondary N) is 1. The van der Waals surface area contributed by atoms with Gasteiger partial charge in [-0.2, -0.15) is 0 Å². The lowest BCUT2D eigenvalue weighted by atomic mass is 10.0. The number of ether oxygens (including phenoxy) is 1. The van der Waals surface area contributed by atoms with Crippen molar-refractivity contribution < 1.29 is 9.53 Å². The highest BCUT2D eigenvalue weighted by atomic mass is 32.1. The van der Waals surface area contributed by atoms with Crippen LogP contribution in [0.2, 0.25) is 0 Å². The molecule has 1 aliphatic heterocycles. The number of aromatic nitrogens is 1. The molecule has 6 heteroatoms. The second kappa shape index (κ2) is 7.66. The highest BCUT2D eigenvalue weighted by molar-refractivity contribution is 7.13. The standard InChI is InChI=1S/C18H23N3O2S/c1-13-12-24-18(19-13)21-8-6-15(7-9-21)20-16-5-3-4-14(10-16)11-17(22)23-2/h3-5,10,12,15,20H,6-9,11H2,1-2H3. The number of esters is 1. The molecule has 1 aromatic heterocycles. The lowest BCUT2D eigenvalue weighted by Gasteiger charge is -2.32. The summed E-state index contributed by atoms with van der Waals surface area (Å²) in [5, 5.41) is 6.83. The molecule has 1 N–H and O–H groups in total. The summed E-state index contributed by atoms with van der Waals surface area (Å²) in [6.45, 7) is 4.08. The summed E-state index contributed by atoms with van der Waals surface area (Å²) in [5.41, 5.74) is 3.14. The number of piperidine rings is 1. The third-order valence-electron chi connectivity index (χ3n) is 4.25. The first-order chi connectivity index (χ1) is 11.6. The van der Waals surface area contributed by atoms with Crippen LogP contribution >= 0.6 is 11.3 Å². The SMILES string of the molecule is COC(=O)Cc1cccc(NC2CCN(c3nc(C)cs3)CC2)c1. The maximum absolute atomic E-state index is 11.4. The summed E-state index contributed by atoms with van der Waals surface area (Å²) in [5.74, 6) is -0.209. The fourth-order valence-corrected chi connectivity index (χ4v) is 3.80. The molecular formula is C18H23N3O2S. The molecule has 0 saturated carbocycles. The molecular weight excluding hydrogens is 322 g/mol. The molecule has 2 aromatic rings. The number of carbonyl (C=O) groups is 1. The maximum atomic E-state index is 11.4. The number of carbonyl (C=O) groups excluding carboxylic acids is 1. The van der Waals surface area contributed by atoms with Crippen LogP contribution in [0.1, 0.15) is 24.1 Å². The molecule has 2 heterocycles. The first-order valence-corrected chi connectivity index (χ1v) is 9.11. The van der Waals surface area contributed by atoms with Crippen molar-refractivity contribution in [2.75, 3.05) is 30.4 Å². The van der Waals surface area contributed by atoms with Crippen molar-refractivity contribution in [2.45, 2.75) is 32.2 Å². The van der Waals surface area contributed by atoms with Gasteiger partial charge in [-0.25, -0.2) is 4.98 Å². The Morgan fingerprint density at radius 1 is 1.42 bits per heavy atom. The number of hydrogen-bond donors (Lipinski definition) is 1. The van der Waals surface area contributed by atoms with Gasteiger partial charge in [0.05, 0.1) is 19.2 Å². The number of benzene rings is 1. The van der Waals surface area contributed by atoms with Crippen LogP contribution in [-0.4, -0.2) is 37.2 Å². The third kappa shape index (κ3) is 4.26. The van der Waals surface area contributed by atoms with Gasteiger partial charge in [0.1, 0.15) is 0 Å². The van der Waals surface area contributed by atoms with Crippen molar-refractivity contribution in [3.63, 3.8) is 0 Å². The molecule has 3 rings (SSSR count). The Bertz CT molecular complexity index is 693. The van der Waals surface area contributed by atoms with Gasteiger partial charge in [-0.3, -0.25) is 4.79 Å². The smallest absolute Gasteiger partial charge is 0.309 e. The fraction of sp³-hybridized carbons (Fsp3) is 0.444. The molecule has 5 nitrogen and oxygen atoms in total. The lowest BCUT2D eigenvalue weighted by Crippen LogP contribution is -2.39. The second-order valence-corrected chi connectivity index (χ2v) is 6.97. The molecule has 0 unspecified atom stereocenters. The zero-order valence-electron chi connectivity index (χ0n) is 14.1. The molecule has 0 aliphatic carbocycles. The Labute approximate surface area is 146 Å². The average molecular weight is 345 g/mol. The van der Waals surface area contributed by atoms with E-state index < -0.39 is 0 Å². The van der Waals surface area contributed by atoms with E-state index in [1.165, 1.54) is 7.11 Å². The van der Waals surface area contributed by atoms with Gasteiger partial charge in [-0.1, -0.05) is 12.1 Å². The number of anilines is 2. The van der Waals surface area contributed by atoms with Crippen LogP contribution in [0.25, 0.3) is 0 Å². The zero-order chi connectivity index (χ0) is 16.9. The molecule has 0 spiro atoms. The van der Waals surface area contributed by atoms with E-state index in [1.807, 2.05) is 25.1 Å². The minimum atomic E-state index is -0.209. The van der Waals surface area contributed by atoms with Crippen molar-refractivity contribution in [2.24, 2.45) is 0 Å². The van der Waals surface area contributed by atoms with Gasteiger partial charge in [0, 0.05) is 30.2 Å². The van der Waals surface area contributed by atoms with Crippen LogP contribution in [0.15, 0.2) is 29.6 Å². The molecule has 1 fully saturated rings. The Balaban J connectivity index is 1.54. The van der Waals surface area contributed by atoms with Gasteiger partial charge >= 0.3 is 5.97 Å². The third-order valence-corrected chi connectivity index (χ3v) is 5.27. The van der Waals surface area contributed by atoms with Gasteiger partial charge in [-0.15, -0.1) is 11.3 Å². The van der Waals surface area contributed by atoms with Crippen LogP contribution in [0.3, 0.4) is 0 Å². The molecule has 24 heavy (non-hydrogen) atoms. The van der Waals surface area contributed by atoms with E-state index in [9.17, 15) is 4.79 Å². The summed E-state index contributed by atoms with van der Waals surface area (Å²) in [6.07, 6.45) is 2.48. The predicted molar refractivity (Wildman–Crippen MR) is 97.9 cm³/mol. The quantitative estimate of drug-likeness (QED) is 0.843. The lowest BCUT2D eigenvalue weighted by molar-refractivity contribution is -0.139. The number of thiazole rings is 1. The predicted octanol–water partition coefficient (Wildman–Crippen LogP) is 3.25. The largest absolute Gasteiger partial charge is 0.469 e. The van der Waals surface area contributed by atoms with Crippen molar-refractivity contribution in [1.82, 2.24) is 4.98 Å². The summed E-state index contributed by atoms with van der Waals surface area (Å²) in [6, 6.07) is 8.48. The molecule has 0 amide bonds. The molecule has 1 saturated heterocycles. The zero-order valence-corrected chi connectivity index (χ0v) is 14.9. The Morgan fingerprint density at radius 3 is 2.88 bits per heavy atom. The van der Waals surface area contributed by atoms with Crippen LogP contribution < -0.4 is 10.2 Å². The van der Waals surface area contributed by atoms with Gasteiger partial charge in [0.15, 0.2) is 5.13 Å². The van der Waals surface area contributed by atoms with Crippen molar-refractivity contribution in [3.8, 4) is 0 Å². The first-order valence-electron chi connectivity index (χ1n) is 8.23. The normalized spacial score (nSPS) is 15.3. The van der Waals surface area contributed by atoms with Gasteiger partial charge in [-0.05, 0) is 37.5 Å². The first kappa shape index (κ1) is 16.8. The van der Waals surface area contributed by atoms with E-state index in [4.69, 9.17) is 4.74 Å². The number of rotatable bonds is 5. The number of aryl methyl sites for hydroxylation is 1. The van der Waals surface area contributed by atoms with E-state index in [1.54, 1.807) is 11.3 Å². The Hall–Kier alpha value is -2.08. The highest BCUT2D eigenvalue weighted by Crippen LogP contribution is 2.25. The summed E-state index contributed by atoms with van der Waals surface area (Å²) < 4.78 is 4.73. The maximum Gasteiger partial charge on any atom is 0.309 e. The molecule has 0 atom stereocenters. The van der Waals surface area contributed by atoms with E-state index >= 15 is 0 Å². The van der Waals surface area contributed by atoms with Gasteiger partial charge in [0.2, 0.25) is 0 Å². The van der Waals surface area contributed by atoms with E-state index in [0.717, 1.165) is 48.0 Å². The van der Waals surface area contributed by atoms with Crippen molar-refractivity contribution in [1.29, 1.82) is 0 Å². The highest BCUT2D eigenvalue weighted by Gasteiger charge is 2.21. The van der Waals surface area contributed by atoms with Crippen molar-refractivity contribution in [3.05, 3.63) is 40.9 Å². The minimum absolute atomic E-state index is 0.209. The fourth-order valence-electron chi connectivity index (χ4n) is 2.95. The summed E-state index contributed by atoms with van der Waals surface area (Å²) >= 11 is 1.72. The Kier molecular flexibility index (Phi) is 5.35. The van der Waals surface area contributed by atoms with E-state index in [-0.39, 0.29) is 5.97 Å². The molecule has 128 valence electrons. The van der Waals surface area contributed by atoms with E-state index in [0.29, 0.717) is 12.5 Å². The van der Waals surface area contributed by atoms with Crippen LogP contribution in [0.5, 0.6) is 0 Å². The minimum Gasteiger partial charge on any atom is -0.469 e. The van der Waals surface area contributed by atoms with Gasteiger partial charge < -0.3 is 15.0 Å². The number of nitrogens with zero attached hydrogens (tertiary/aromatic N) is 2. The molecule has 1 aliphatic rings. The summed E-state index contributed by atoms with van der Waals surface area (Å²) in [4.78, 5) is 18.3.